The van der Waals surface area contributed by atoms with Crippen LogP contribution in [-0.2, 0) is 10.2 Å². The van der Waals surface area contributed by atoms with Crippen molar-refractivity contribution in [3.05, 3.63) is 23.8 Å². The largest absolute Gasteiger partial charge is 0.454 e. The number of fused-ring (bicyclic) bond motifs is 2. The van der Waals surface area contributed by atoms with Crippen molar-refractivity contribution in [3.8, 4) is 11.5 Å². The quantitative estimate of drug-likeness (QED) is 0.604. The van der Waals surface area contributed by atoms with E-state index >= 15 is 0 Å². The molecule has 1 saturated carbocycles. The van der Waals surface area contributed by atoms with Crippen molar-refractivity contribution in [2.75, 3.05) is 46.2 Å². The molecule has 0 spiro atoms. The topological polar surface area (TPSA) is 55.3 Å². The van der Waals surface area contributed by atoms with E-state index in [4.69, 9.17) is 19.2 Å². The third-order valence-electron chi connectivity index (χ3n) is 7.58. The number of aliphatic imine (C=N–C) groups is 1. The molecule has 3 aliphatic heterocycles. The Bertz CT molecular complexity index is 761. The fraction of sp³-hybridized carbons (Fsp3) is 0.708. The van der Waals surface area contributed by atoms with E-state index in [0.717, 1.165) is 81.5 Å². The summed E-state index contributed by atoms with van der Waals surface area (Å²) in [6, 6.07) is 6.42. The number of nitrogens with one attached hydrogen (secondary N) is 1. The minimum atomic E-state index is -0.00755. The number of guanidine groups is 1. The highest BCUT2D eigenvalue weighted by molar-refractivity contribution is 5.80. The Hall–Kier alpha value is -1.95. The molecule has 2 atom stereocenters. The Morgan fingerprint density at radius 2 is 1.83 bits per heavy atom. The summed E-state index contributed by atoms with van der Waals surface area (Å²) >= 11 is 0. The van der Waals surface area contributed by atoms with Crippen LogP contribution in [-0.4, -0.2) is 57.0 Å². The molecule has 2 unspecified atom stereocenters. The normalized spacial score (nSPS) is 27.8. The van der Waals surface area contributed by atoms with Gasteiger partial charge in [0.15, 0.2) is 17.5 Å². The molecule has 3 fully saturated rings. The lowest BCUT2D eigenvalue weighted by Crippen LogP contribution is -2.43. The maximum absolute atomic E-state index is 5.73. The van der Waals surface area contributed by atoms with E-state index < -0.39 is 0 Å². The molecule has 5 rings (SSSR count). The van der Waals surface area contributed by atoms with Gasteiger partial charge in [-0.1, -0.05) is 18.9 Å². The smallest absolute Gasteiger partial charge is 0.231 e. The highest BCUT2D eigenvalue weighted by atomic mass is 16.7. The molecule has 1 aromatic carbocycles. The number of benzene rings is 1. The average Bonchev–Trinajstić information content (AvgIpc) is 3.43. The molecule has 4 aliphatic rings. The van der Waals surface area contributed by atoms with Gasteiger partial charge in [-0.3, -0.25) is 4.99 Å². The average molecular weight is 414 g/mol. The predicted molar refractivity (Wildman–Crippen MR) is 117 cm³/mol. The fourth-order valence-electron chi connectivity index (χ4n) is 5.76. The minimum absolute atomic E-state index is 0.00755. The van der Waals surface area contributed by atoms with Gasteiger partial charge in [0.2, 0.25) is 6.79 Å². The molecule has 0 bridgehead atoms. The zero-order valence-electron chi connectivity index (χ0n) is 18.2. The summed E-state index contributed by atoms with van der Waals surface area (Å²) in [6.07, 6.45) is 7.55. The van der Waals surface area contributed by atoms with Crippen molar-refractivity contribution in [1.29, 1.82) is 0 Å². The monoisotopic (exact) mass is 413 g/mol. The molecule has 1 aliphatic carbocycles. The molecule has 6 heteroatoms. The molecule has 0 amide bonds. The van der Waals surface area contributed by atoms with Crippen LogP contribution in [0.5, 0.6) is 11.5 Å². The molecule has 164 valence electrons. The predicted octanol–water partition coefficient (Wildman–Crippen LogP) is 3.55. The van der Waals surface area contributed by atoms with E-state index in [0.29, 0.717) is 6.79 Å². The zero-order valence-corrected chi connectivity index (χ0v) is 18.2. The first-order valence-corrected chi connectivity index (χ1v) is 11.8. The Morgan fingerprint density at radius 3 is 2.57 bits per heavy atom. The molecule has 30 heavy (non-hydrogen) atoms. The molecule has 0 radical (unpaired) electrons. The molecule has 2 saturated heterocycles. The summed E-state index contributed by atoms with van der Waals surface area (Å²) in [5.41, 5.74) is 1.29. The van der Waals surface area contributed by atoms with Crippen LogP contribution >= 0.6 is 0 Å². The van der Waals surface area contributed by atoms with Crippen LogP contribution in [0.15, 0.2) is 23.2 Å². The van der Waals surface area contributed by atoms with Crippen LogP contribution < -0.4 is 14.8 Å². The van der Waals surface area contributed by atoms with Crippen molar-refractivity contribution in [2.45, 2.75) is 50.9 Å². The van der Waals surface area contributed by atoms with Crippen LogP contribution in [0.4, 0.5) is 0 Å². The lowest BCUT2D eigenvalue weighted by molar-refractivity contribution is 0.0529. The third-order valence-corrected chi connectivity index (χ3v) is 7.58. The van der Waals surface area contributed by atoms with E-state index in [-0.39, 0.29) is 5.41 Å². The van der Waals surface area contributed by atoms with Crippen molar-refractivity contribution < 1.29 is 14.2 Å². The molecule has 1 N–H and O–H groups in total. The van der Waals surface area contributed by atoms with Gasteiger partial charge >= 0.3 is 0 Å². The number of ether oxygens (including phenoxy) is 3. The number of hydrogen-bond donors (Lipinski definition) is 1. The van der Waals surface area contributed by atoms with Gasteiger partial charge in [0, 0.05) is 38.3 Å². The summed E-state index contributed by atoms with van der Waals surface area (Å²) in [6.45, 7) is 8.07. The second-order valence-electron chi connectivity index (χ2n) is 9.34. The van der Waals surface area contributed by atoms with Gasteiger partial charge in [-0.2, -0.15) is 0 Å². The van der Waals surface area contributed by atoms with Crippen LogP contribution in [0.3, 0.4) is 0 Å². The third kappa shape index (κ3) is 3.86. The number of nitrogens with zero attached hydrogens (tertiary/aromatic N) is 2. The van der Waals surface area contributed by atoms with Crippen LogP contribution in [0, 0.1) is 11.8 Å². The first-order chi connectivity index (χ1) is 14.8. The molecular formula is C24H35N3O3. The summed E-state index contributed by atoms with van der Waals surface area (Å²) < 4.78 is 16.9. The highest BCUT2D eigenvalue weighted by Gasteiger charge is 2.38. The Labute approximate surface area is 180 Å². The van der Waals surface area contributed by atoms with E-state index in [2.05, 4.69) is 35.3 Å². The van der Waals surface area contributed by atoms with Crippen molar-refractivity contribution >= 4 is 5.96 Å². The van der Waals surface area contributed by atoms with Crippen molar-refractivity contribution in [3.63, 3.8) is 0 Å². The van der Waals surface area contributed by atoms with Gasteiger partial charge in [0.05, 0.1) is 6.54 Å². The van der Waals surface area contributed by atoms with Gasteiger partial charge < -0.3 is 24.4 Å². The first kappa shape index (κ1) is 20.0. The number of likely N-dealkylation sites (tertiary alicyclic amines) is 1. The number of hydrogen-bond acceptors (Lipinski definition) is 4. The minimum Gasteiger partial charge on any atom is -0.454 e. The Morgan fingerprint density at radius 1 is 1.10 bits per heavy atom. The molecular weight excluding hydrogens is 378 g/mol. The maximum Gasteiger partial charge on any atom is 0.231 e. The fourth-order valence-corrected chi connectivity index (χ4v) is 5.76. The summed E-state index contributed by atoms with van der Waals surface area (Å²) in [7, 11) is 0. The SMILES string of the molecule is CCNC(=NCC1(c2ccc3c(c2)OCO3)CCOCC1)N1CC2CCCCC2C1. The second-order valence-corrected chi connectivity index (χ2v) is 9.34. The summed E-state index contributed by atoms with van der Waals surface area (Å²) in [4.78, 5) is 7.75. The van der Waals surface area contributed by atoms with Crippen LogP contribution in [0.2, 0.25) is 0 Å². The first-order valence-electron chi connectivity index (χ1n) is 11.8. The van der Waals surface area contributed by atoms with Gasteiger partial charge in [-0.25, -0.2) is 0 Å². The van der Waals surface area contributed by atoms with Gasteiger partial charge in [-0.15, -0.1) is 0 Å². The standard InChI is InChI=1S/C24H35N3O3/c1-2-25-23(27-14-18-5-3-4-6-19(18)15-27)26-16-24(9-11-28-12-10-24)20-7-8-21-22(13-20)30-17-29-21/h7-8,13,18-19H,2-6,9-12,14-17H2,1H3,(H,25,26). The Kier molecular flexibility index (Phi) is 5.77. The van der Waals surface area contributed by atoms with Gasteiger partial charge in [0.1, 0.15) is 0 Å². The molecule has 3 heterocycles. The zero-order chi connectivity index (χ0) is 20.4. The van der Waals surface area contributed by atoms with Crippen molar-refractivity contribution in [2.24, 2.45) is 16.8 Å². The van der Waals surface area contributed by atoms with E-state index in [1.807, 2.05) is 0 Å². The summed E-state index contributed by atoms with van der Waals surface area (Å²) in [5.74, 6) is 4.51. The maximum atomic E-state index is 5.73. The van der Waals surface area contributed by atoms with Gasteiger partial charge in [0.25, 0.3) is 0 Å². The van der Waals surface area contributed by atoms with Gasteiger partial charge in [-0.05, 0) is 62.1 Å². The molecule has 0 aromatic heterocycles. The van der Waals surface area contributed by atoms with Crippen molar-refractivity contribution in [1.82, 2.24) is 10.2 Å². The van der Waals surface area contributed by atoms with E-state index in [9.17, 15) is 0 Å². The second kappa shape index (κ2) is 8.66. The lowest BCUT2D eigenvalue weighted by atomic mass is 9.74. The molecule has 1 aromatic rings. The highest BCUT2D eigenvalue weighted by Crippen LogP contribution is 2.41. The van der Waals surface area contributed by atoms with E-state index in [1.54, 1.807) is 0 Å². The Balaban J connectivity index is 1.38. The number of rotatable bonds is 4. The van der Waals surface area contributed by atoms with Crippen LogP contribution in [0.25, 0.3) is 0 Å². The lowest BCUT2D eigenvalue weighted by Gasteiger charge is -2.37. The van der Waals surface area contributed by atoms with Crippen LogP contribution in [0.1, 0.15) is 51.0 Å². The molecule has 6 nitrogen and oxygen atoms in total. The summed E-state index contributed by atoms with van der Waals surface area (Å²) in [5, 5.41) is 3.58. The van der Waals surface area contributed by atoms with E-state index in [1.165, 1.54) is 31.2 Å².